The molecule has 0 aromatic carbocycles. The molecule has 0 radical (unpaired) electrons. The summed E-state index contributed by atoms with van der Waals surface area (Å²) in [7, 11) is -3.19. The summed E-state index contributed by atoms with van der Waals surface area (Å²) in [6, 6.07) is 7.94. The lowest BCUT2D eigenvalue weighted by molar-refractivity contribution is -0.122. The summed E-state index contributed by atoms with van der Waals surface area (Å²) in [6.45, 7) is 13.8. The molecule has 2 aliphatic heterocycles. The molecule has 1 unspecified atom stereocenters. The third-order valence-corrected chi connectivity index (χ3v) is 10.5. The van der Waals surface area contributed by atoms with Crippen molar-refractivity contribution in [3.8, 4) is 22.9 Å². The standard InChI is InChI=1S/C26H28Br2N2O2S2Si2/c1-35(2,3)15-7-13-29-23(17-9-11-19(27)33-17)21-22(25(29)31)24(18-10-12-20(28)34-18)30(26(21)32)14-8-16-36(4,5)6/h9-12,25,31H,13-14H2,1-6H3. The van der Waals surface area contributed by atoms with E-state index in [4.69, 9.17) is 0 Å². The normalized spacial score (nSPS) is 17.9. The Morgan fingerprint density at radius 3 is 1.83 bits per heavy atom. The molecule has 2 aliphatic rings. The van der Waals surface area contributed by atoms with Crippen LogP contribution in [0.25, 0.3) is 11.4 Å². The molecule has 0 spiro atoms. The lowest BCUT2D eigenvalue weighted by atomic mass is 10.1. The van der Waals surface area contributed by atoms with Gasteiger partial charge in [-0.15, -0.1) is 33.8 Å². The van der Waals surface area contributed by atoms with E-state index in [1.807, 2.05) is 29.2 Å². The average molecular weight is 681 g/mol. The number of aliphatic hydroxyl groups excluding tert-OH is 1. The number of aliphatic hydroxyl groups is 1. The first kappa shape index (κ1) is 27.7. The van der Waals surface area contributed by atoms with Gasteiger partial charge in [-0.05, 0) is 56.1 Å². The molecule has 0 aliphatic carbocycles. The van der Waals surface area contributed by atoms with E-state index >= 15 is 0 Å². The third kappa shape index (κ3) is 5.86. The lowest BCUT2D eigenvalue weighted by Gasteiger charge is -2.27. The Balaban J connectivity index is 1.90. The summed E-state index contributed by atoms with van der Waals surface area (Å²) in [4.78, 5) is 19.5. The third-order valence-electron chi connectivity index (χ3n) is 5.36. The van der Waals surface area contributed by atoms with E-state index in [1.165, 1.54) is 0 Å². The van der Waals surface area contributed by atoms with Crippen molar-refractivity contribution in [3.05, 3.63) is 52.7 Å². The van der Waals surface area contributed by atoms with Gasteiger partial charge in [0, 0.05) is 5.57 Å². The molecular weight excluding hydrogens is 652 g/mol. The quantitative estimate of drug-likeness (QED) is 0.289. The van der Waals surface area contributed by atoms with Crippen LogP contribution in [0.1, 0.15) is 9.75 Å². The molecule has 188 valence electrons. The van der Waals surface area contributed by atoms with Crippen molar-refractivity contribution in [2.75, 3.05) is 13.1 Å². The van der Waals surface area contributed by atoms with Gasteiger partial charge >= 0.3 is 0 Å². The number of thiophene rings is 2. The van der Waals surface area contributed by atoms with E-state index in [9.17, 15) is 9.90 Å². The summed E-state index contributed by atoms with van der Waals surface area (Å²) in [5.41, 5.74) is 9.48. The SMILES string of the molecule is C[Si](C)(C)C#CCN1C(=O)C2=C(c3ccc(Br)s3)N(CC#C[Si](C)(C)C)C(O)C2=C1c1ccc(Br)s1. The molecule has 4 rings (SSSR count). The number of carbonyl (C=O) groups is 1. The zero-order valence-electron chi connectivity index (χ0n) is 21.1. The van der Waals surface area contributed by atoms with Crippen LogP contribution < -0.4 is 0 Å². The van der Waals surface area contributed by atoms with Gasteiger partial charge in [0.05, 0.1) is 47.4 Å². The van der Waals surface area contributed by atoms with Gasteiger partial charge < -0.3 is 10.0 Å². The van der Waals surface area contributed by atoms with Crippen molar-refractivity contribution in [1.82, 2.24) is 9.80 Å². The lowest BCUT2D eigenvalue weighted by Crippen LogP contribution is -2.33. The first-order chi connectivity index (χ1) is 16.8. The van der Waals surface area contributed by atoms with Crippen molar-refractivity contribution < 1.29 is 9.90 Å². The highest BCUT2D eigenvalue weighted by Gasteiger charge is 2.48. The second kappa shape index (κ2) is 10.4. The van der Waals surface area contributed by atoms with Crippen molar-refractivity contribution in [2.24, 2.45) is 0 Å². The van der Waals surface area contributed by atoms with Gasteiger partial charge in [-0.2, -0.15) is 0 Å². The highest BCUT2D eigenvalue weighted by Crippen LogP contribution is 2.50. The Morgan fingerprint density at radius 1 is 0.861 bits per heavy atom. The van der Waals surface area contributed by atoms with Gasteiger partial charge in [0.25, 0.3) is 5.91 Å². The number of hydrogen-bond acceptors (Lipinski definition) is 5. The van der Waals surface area contributed by atoms with E-state index in [2.05, 4.69) is 94.1 Å². The van der Waals surface area contributed by atoms with Gasteiger partial charge in [0.1, 0.15) is 16.1 Å². The van der Waals surface area contributed by atoms with Crippen LogP contribution in [-0.2, 0) is 4.79 Å². The van der Waals surface area contributed by atoms with Crippen LogP contribution >= 0.6 is 54.5 Å². The Bertz CT molecular complexity index is 1410. The maximum absolute atomic E-state index is 14.0. The van der Waals surface area contributed by atoms with E-state index in [0.717, 1.165) is 28.7 Å². The number of hydrogen-bond donors (Lipinski definition) is 1. The molecule has 4 heterocycles. The zero-order valence-corrected chi connectivity index (χ0v) is 27.9. The van der Waals surface area contributed by atoms with Crippen molar-refractivity contribution >= 4 is 88.0 Å². The first-order valence-corrected chi connectivity index (χ1v) is 21.8. The van der Waals surface area contributed by atoms with Crippen LogP contribution in [0, 0.1) is 22.9 Å². The van der Waals surface area contributed by atoms with Gasteiger partial charge in [0.2, 0.25) is 0 Å². The summed E-state index contributed by atoms with van der Waals surface area (Å²) >= 11 is 10.2. The predicted octanol–water partition coefficient (Wildman–Crippen LogP) is 6.69. The minimum atomic E-state index is -1.60. The number of amides is 1. The average Bonchev–Trinajstić information content (AvgIpc) is 3.49. The van der Waals surface area contributed by atoms with Gasteiger partial charge in [-0.1, -0.05) is 51.1 Å². The van der Waals surface area contributed by atoms with Crippen LogP contribution in [0.15, 0.2) is 43.0 Å². The predicted molar refractivity (Wildman–Crippen MR) is 165 cm³/mol. The molecule has 1 N–H and O–H groups in total. The molecule has 36 heavy (non-hydrogen) atoms. The smallest absolute Gasteiger partial charge is 0.261 e. The maximum Gasteiger partial charge on any atom is 0.261 e. The number of carbonyl (C=O) groups excluding carboxylic acids is 1. The van der Waals surface area contributed by atoms with Crippen LogP contribution in [0.2, 0.25) is 39.3 Å². The van der Waals surface area contributed by atoms with Crippen molar-refractivity contribution in [2.45, 2.75) is 45.5 Å². The second-order valence-electron chi connectivity index (χ2n) is 10.7. The molecule has 2 aromatic heterocycles. The van der Waals surface area contributed by atoms with Crippen LogP contribution in [0.4, 0.5) is 0 Å². The Hall–Kier alpha value is -1.38. The zero-order chi connectivity index (χ0) is 26.4. The van der Waals surface area contributed by atoms with Crippen molar-refractivity contribution in [3.63, 3.8) is 0 Å². The number of halogens is 2. The van der Waals surface area contributed by atoms with Crippen LogP contribution in [0.3, 0.4) is 0 Å². The number of fused-ring (bicyclic) bond motifs is 1. The molecule has 2 aromatic rings. The molecule has 4 nitrogen and oxygen atoms in total. The van der Waals surface area contributed by atoms with E-state index in [0.29, 0.717) is 24.2 Å². The Morgan fingerprint density at radius 2 is 1.36 bits per heavy atom. The molecule has 0 saturated heterocycles. The van der Waals surface area contributed by atoms with E-state index < -0.39 is 22.4 Å². The fraction of sp³-hybridized carbons (Fsp3) is 0.346. The molecule has 0 bridgehead atoms. The minimum Gasteiger partial charge on any atom is -0.369 e. The molecular formula is C26H28Br2N2O2S2Si2. The largest absolute Gasteiger partial charge is 0.369 e. The fourth-order valence-corrected chi connectivity index (χ4v) is 8.15. The highest BCUT2D eigenvalue weighted by atomic mass is 79.9. The molecule has 0 fully saturated rings. The summed E-state index contributed by atoms with van der Waals surface area (Å²) in [6.07, 6.45) is -0.971. The van der Waals surface area contributed by atoms with Gasteiger partial charge in [-0.3, -0.25) is 9.69 Å². The molecule has 1 amide bonds. The number of rotatable bonds is 4. The summed E-state index contributed by atoms with van der Waals surface area (Å²) < 4.78 is 1.94. The first-order valence-electron chi connectivity index (χ1n) is 11.5. The van der Waals surface area contributed by atoms with Gasteiger partial charge in [-0.25, -0.2) is 0 Å². The Labute approximate surface area is 240 Å². The minimum absolute atomic E-state index is 0.117. The number of nitrogens with zero attached hydrogens (tertiary/aromatic N) is 2. The monoisotopic (exact) mass is 678 g/mol. The van der Waals surface area contributed by atoms with Crippen LogP contribution in [0.5, 0.6) is 0 Å². The van der Waals surface area contributed by atoms with E-state index in [1.54, 1.807) is 27.6 Å². The maximum atomic E-state index is 14.0. The summed E-state index contributed by atoms with van der Waals surface area (Å²) in [5, 5.41) is 11.7. The van der Waals surface area contributed by atoms with Gasteiger partial charge in [0.15, 0.2) is 6.23 Å². The second-order valence-corrected chi connectivity index (χ2v) is 25.1. The fourth-order valence-electron chi connectivity index (χ4n) is 4.02. The highest BCUT2D eigenvalue weighted by molar-refractivity contribution is 9.11. The summed E-state index contributed by atoms with van der Waals surface area (Å²) in [5.74, 6) is 6.44. The molecule has 10 heteroatoms. The Kier molecular flexibility index (Phi) is 8.00. The molecule has 0 saturated carbocycles. The van der Waals surface area contributed by atoms with Crippen molar-refractivity contribution in [1.29, 1.82) is 0 Å². The topological polar surface area (TPSA) is 43.8 Å². The van der Waals surface area contributed by atoms with E-state index in [-0.39, 0.29) is 5.91 Å². The van der Waals surface area contributed by atoms with Crippen LogP contribution in [-0.4, -0.2) is 56.3 Å². The molecule has 1 atom stereocenters.